The van der Waals surface area contributed by atoms with Crippen molar-refractivity contribution in [3.05, 3.63) is 81.4 Å². The topological polar surface area (TPSA) is 0 Å². The molecule has 0 radical (unpaired) electrons. The van der Waals surface area contributed by atoms with Gasteiger partial charge in [0.2, 0.25) is 0 Å². The van der Waals surface area contributed by atoms with Crippen LogP contribution in [0.1, 0.15) is 130 Å². The molecule has 0 amide bonds. The molecule has 2 aromatic carbocycles. The lowest BCUT2D eigenvalue weighted by atomic mass is 9.55. The molecule has 4 aliphatic rings. The fourth-order valence-corrected chi connectivity index (χ4v) is 9.13. The van der Waals surface area contributed by atoms with Gasteiger partial charge in [0.15, 0.2) is 0 Å². The molecule has 0 aliphatic heterocycles. The van der Waals surface area contributed by atoms with E-state index in [0.29, 0.717) is 11.8 Å². The van der Waals surface area contributed by atoms with E-state index in [9.17, 15) is 0 Å². The van der Waals surface area contributed by atoms with E-state index in [-0.39, 0.29) is 21.7 Å². The molecular formula is C39H52. The number of hydrogen-bond acceptors (Lipinski definition) is 0. The molecule has 0 spiro atoms. The van der Waals surface area contributed by atoms with Crippen LogP contribution >= 0.6 is 0 Å². The Morgan fingerprint density at radius 3 is 1.72 bits per heavy atom. The molecular weight excluding hydrogens is 468 g/mol. The van der Waals surface area contributed by atoms with E-state index in [1.54, 1.807) is 22.3 Å². The van der Waals surface area contributed by atoms with Crippen molar-refractivity contribution in [2.75, 3.05) is 0 Å². The van der Waals surface area contributed by atoms with Crippen molar-refractivity contribution in [3.63, 3.8) is 0 Å². The van der Waals surface area contributed by atoms with Gasteiger partial charge in [0.05, 0.1) is 0 Å². The van der Waals surface area contributed by atoms with Gasteiger partial charge in [-0.3, -0.25) is 0 Å². The summed E-state index contributed by atoms with van der Waals surface area (Å²) >= 11 is 0. The lowest BCUT2D eigenvalue weighted by Crippen LogP contribution is -2.41. The van der Waals surface area contributed by atoms with Gasteiger partial charge >= 0.3 is 0 Å². The highest BCUT2D eigenvalue weighted by atomic mass is 14.7. The van der Waals surface area contributed by atoms with Crippen LogP contribution in [-0.2, 0) is 10.8 Å². The largest absolute Gasteiger partial charge is 0.0619 e. The number of fused-ring (bicyclic) bond motifs is 5. The Labute approximate surface area is 239 Å². The summed E-state index contributed by atoms with van der Waals surface area (Å²) in [6.07, 6.45) is 8.10. The van der Waals surface area contributed by atoms with Gasteiger partial charge in [0.25, 0.3) is 0 Å². The van der Waals surface area contributed by atoms with Crippen LogP contribution in [0.25, 0.3) is 11.1 Å². The van der Waals surface area contributed by atoms with Crippen molar-refractivity contribution >= 4 is 0 Å². The van der Waals surface area contributed by atoms with Crippen molar-refractivity contribution in [1.29, 1.82) is 0 Å². The van der Waals surface area contributed by atoms with Gasteiger partial charge < -0.3 is 0 Å². The van der Waals surface area contributed by atoms with Crippen LogP contribution in [0.4, 0.5) is 0 Å². The first-order valence-corrected chi connectivity index (χ1v) is 15.8. The fraction of sp³-hybridized carbons (Fsp3) is 0.590. The third kappa shape index (κ3) is 3.83. The number of rotatable bonds is 2. The Hall–Kier alpha value is -2.08. The normalized spacial score (nSPS) is 26.7. The number of hydrogen-bond donors (Lipinski definition) is 0. The van der Waals surface area contributed by atoms with E-state index >= 15 is 0 Å². The number of allylic oxidation sites excluding steroid dienone is 4. The van der Waals surface area contributed by atoms with Crippen molar-refractivity contribution in [3.8, 4) is 11.1 Å². The highest BCUT2D eigenvalue weighted by Gasteiger charge is 2.62. The average molecular weight is 521 g/mol. The first-order chi connectivity index (χ1) is 18.1. The van der Waals surface area contributed by atoms with Crippen molar-refractivity contribution < 1.29 is 0 Å². The van der Waals surface area contributed by atoms with Crippen LogP contribution in [0.5, 0.6) is 0 Å². The molecule has 4 aliphatic carbocycles. The van der Waals surface area contributed by atoms with Crippen molar-refractivity contribution in [2.24, 2.45) is 28.6 Å². The van der Waals surface area contributed by atoms with E-state index < -0.39 is 0 Å². The van der Waals surface area contributed by atoms with E-state index in [1.807, 2.05) is 5.57 Å². The monoisotopic (exact) mass is 520 g/mol. The average Bonchev–Trinajstić information content (AvgIpc) is 3.57. The van der Waals surface area contributed by atoms with Crippen LogP contribution in [-0.4, -0.2) is 0 Å². The van der Waals surface area contributed by atoms with E-state index in [2.05, 4.69) is 119 Å². The molecule has 1 fully saturated rings. The highest BCUT2D eigenvalue weighted by Crippen LogP contribution is 2.72. The highest BCUT2D eigenvalue weighted by molar-refractivity contribution is 5.81. The summed E-state index contributed by atoms with van der Waals surface area (Å²) in [5, 5.41) is 0. The van der Waals surface area contributed by atoms with Crippen LogP contribution < -0.4 is 0 Å². The third-order valence-corrected chi connectivity index (χ3v) is 11.2. The lowest BCUT2D eigenvalue weighted by Gasteiger charge is -2.48. The van der Waals surface area contributed by atoms with Crippen molar-refractivity contribution in [1.82, 2.24) is 0 Å². The van der Waals surface area contributed by atoms with Crippen LogP contribution in [0.15, 0.2) is 59.2 Å². The zero-order valence-electron chi connectivity index (χ0n) is 26.7. The van der Waals surface area contributed by atoms with E-state index in [1.165, 1.54) is 47.9 Å². The fourth-order valence-electron chi connectivity index (χ4n) is 9.13. The minimum Gasteiger partial charge on any atom is -0.0619 e. The third-order valence-electron chi connectivity index (χ3n) is 11.2. The first-order valence-electron chi connectivity index (χ1n) is 15.8. The Bertz CT molecular complexity index is 1320. The SMILES string of the molecule is CC(C)C1(C2c3cc(C(C)(C)C)ccc3-c3ccc(C(C)(C)C)cc32)C2=C(CC(C(C)(C)C)=C2)C2CCCC21. The maximum absolute atomic E-state index is 2.73. The van der Waals surface area contributed by atoms with Gasteiger partial charge in [-0.2, -0.15) is 0 Å². The van der Waals surface area contributed by atoms with Crippen LogP contribution in [0, 0.1) is 28.6 Å². The van der Waals surface area contributed by atoms with Gasteiger partial charge in [-0.05, 0) is 92.2 Å². The molecule has 1 saturated carbocycles. The Morgan fingerprint density at radius 1 is 0.718 bits per heavy atom. The minimum absolute atomic E-state index is 0.137. The quantitative estimate of drug-likeness (QED) is 0.369. The van der Waals surface area contributed by atoms with Crippen molar-refractivity contribution in [2.45, 2.75) is 119 Å². The zero-order chi connectivity index (χ0) is 28.3. The maximum atomic E-state index is 2.73. The van der Waals surface area contributed by atoms with E-state index in [0.717, 1.165) is 11.8 Å². The Kier molecular flexibility index (Phi) is 5.89. The second-order valence-electron chi connectivity index (χ2n) is 16.8. The summed E-state index contributed by atoms with van der Waals surface area (Å²) in [5.41, 5.74) is 15.0. The van der Waals surface area contributed by atoms with Gasteiger partial charge in [-0.1, -0.05) is 136 Å². The summed E-state index contributed by atoms with van der Waals surface area (Å²) in [5.74, 6) is 2.51. The maximum Gasteiger partial charge on any atom is 0.0204 e. The Balaban J connectivity index is 1.67. The second kappa shape index (κ2) is 8.47. The summed E-state index contributed by atoms with van der Waals surface area (Å²) in [7, 11) is 0. The first kappa shape index (κ1) is 27.1. The standard InChI is InChI=1S/C39H52/c1-23(2)39(33-14-12-13-29(33)30-21-26(22-34(30)39)38(9,10)11)35-31-19-24(36(3,4)5)15-17-27(31)28-18-16-25(20-32(28)35)37(6,7)8/h15-20,22-23,29,33,35H,12-14,21H2,1-11H3. The van der Waals surface area contributed by atoms with Crippen LogP contribution in [0.3, 0.4) is 0 Å². The smallest absolute Gasteiger partial charge is 0.0204 e. The molecule has 0 aromatic heterocycles. The zero-order valence-corrected chi connectivity index (χ0v) is 26.7. The summed E-state index contributed by atoms with van der Waals surface area (Å²) in [4.78, 5) is 0. The van der Waals surface area contributed by atoms with Crippen LogP contribution in [0.2, 0.25) is 0 Å². The molecule has 0 heterocycles. The molecule has 0 saturated heterocycles. The molecule has 208 valence electrons. The summed E-state index contributed by atoms with van der Waals surface area (Å²) in [6, 6.07) is 15.0. The molecule has 0 nitrogen and oxygen atoms in total. The molecule has 2 aromatic rings. The summed E-state index contributed by atoms with van der Waals surface area (Å²) < 4.78 is 0. The minimum atomic E-state index is 0.137. The molecule has 3 atom stereocenters. The number of benzene rings is 2. The van der Waals surface area contributed by atoms with Gasteiger partial charge in [0, 0.05) is 11.3 Å². The van der Waals surface area contributed by atoms with Gasteiger partial charge in [0.1, 0.15) is 0 Å². The second-order valence-corrected chi connectivity index (χ2v) is 16.8. The summed E-state index contributed by atoms with van der Waals surface area (Å²) in [6.45, 7) is 26.7. The predicted molar refractivity (Wildman–Crippen MR) is 168 cm³/mol. The molecule has 39 heavy (non-hydrogen) atoms. The lowest BCUT2D eigenvalue weighted by molar-refractivity contribution is 0.119. The molecule has 3 unspecified atom stereocenters. The molecule has 0 bridgehead atoms. The molecule has 0 heteroatoms. The van der Waals surface area contributed by atoms with Gasteiger partial charge in [-0.15, -0.1) is 0 Å². The molecule has 6 rings (SSSR count). The van der Waals surface area contributed by atoms with E-state index in [4.69, 9.17) is 0 Å². The van der Waals surface area contributed by atoms with Gasteiger partial charge in [-0.25, -0.2) is 0 Å². The molecule has 0 N–H and O–H groups in total. The Morgan fingerprint density at radius 2 is 1.26 bits per heavy atom. The predicted octanol–water partition coefficient (Wildman–Crippen LogP) is 11.1.